The van der Waals surface area contributed by atoms with Crippen molar-refractivity contribution >= 4 is 46.6 Å². The molecule has 6 heteroatoms. The number of amidine groups is 1. The second-order valence-electron chi connectivity index (χ2n) is 2.69. The first kappa shape index (κ1) is 12.4. The van der Waals surface area contributed by atoms with E-state index in [-0.39, 0.29) is 30.8 Å². The van der Waals surface area contributed by atoms with Gasteiger partial charge in [-0.3, -0.25) is 0 Å². The summed E-state index contributed by atoms with van der Waals surface area (Å²) in [7, 11) is 0. The Morgan fingerprint density at radius 3 is 2.87 bits per heavy atom. The molecule has 1 aromatic rings. The third kappa shape index (κ3) is 2.91. The quantitative estimate of drug-likeness (QED) is 0.485. The minimum atomic E-state index is 0. The van der Waals surface area contributed by atoms with Crippen LogP contribution in [-0.2, 0) is 0 Å². The topological polar surface area (TPSA) is 56.8 Å². The summed E-state index contributed by atoms with van der Waals surface area (Å²) < 4.78 is 10.4. The van der Waals surface area contributed by atoms with Crippen LogP contribution in [0.25, 0.3) is 0 Å². The first-order valence-electron chi connectivity index (χ1n) is 4.07. The Morgan fingerprint density at radius 2 is 2.13 bits per heavy atom. The average Bonchev–Trinajstić information content (AvgIpc) is 2.64. The van der Waals surface area contributed by atoms with Gasteiger partial charge in [0.05, 0.1) is 5.69 Å². The molecular formula is C9H11IN2O2S. The molecule has 1 heterocycles. The molecule has 0 unspecified atom stereocenters. The molecule has 0 bridgehead atoms. The lowest BCUT2D eigenvalue weighted by molar-refractivity contribution is 0.174. The minimum Gasteiger partial charge on any atom is -0.454 e. The molecule has 0 aromatic heterocycles. The molecule has 2 N–H and O–H groups in total. The van der Waals surface area contributed by atoms with Crippen LogP contribution >= 0.6 is 35.7 Å². The van der Waals surface area contributed by atoms with E-state index in [9.17, 15) is 0 Å². The standard InChI is InChI=1S/C9H10N2O2S.HI/c1-14-9(10)11-6-2-3-7-8(4-6)13-5-12-7;/h2-4H,5H2,1H3,(H2,10,11);1H. The molecule has 2 rings (SSSR count). The van der Waals surface area contributed by atoms with Gasteiger partial charge in [-0.15, -0.1) is 24.0 Å². The number of ether oxygens (including phenoxy) is 2. The highest BCUT2D eigenvalue weighted by Crippen LogP contribution is 2.35. The van der Waals surface area contributed by atoms with E-state index < -0.39 is 0 Å². The zero-order valence-electron chi connectivity index (χ0n) is 8.10. The highest BCUT2D eigenvalue weighted by molar-refractivity contribution is 14.0. The molecule has 4 nitrogen and oxygen atoms in total. The second-order valence-corrected chi connectivity index (χ2v) is 3.52. The van der Waals surface area contributed by atoms with Crippen molar-refractivity contribution in [3.05, 3.63) is 18.2 Å². The number of nitrogens with zero attached hydrogens (tertiary/aromatic N) is 1. The molecular weight excluding hydrogens is 327 g/mol. The molecule has 0 aliphatic carbocycles. The lowest BCUT2D eigenvalue weighted by atomic mass is 10.3. The molecule has 1 aromatic carbocycles. The van der Waals surface area contributed by atoms with Crippen LogP contribution in [0.5, 0.6) is 11.5 Å². The molecule has 0 amide bonds. The van der Waals surface area contributed by atoms with Gasteiger partial charge < -0.3 is 15.2 Å². The Kier molecular flexibility index (Phi) is 4.52. The molecule has 1 aliphatic heterocycles. The molecule has 0 atom stereocenters. The summed E-state index contributed by atoms with van der Waals surface area (Å²) in [6, 6.07) is 5.48. The minimum absolute atomic E-state index is 0. The van der Waals surface area contributed by atoms with Crippen LogP contribution in [0.4, 0.5) is 5.69 Å². The second kappa shape index (κ2) is 5.45. The molecule has 0 saturated carbocycles. The molecule has 0 saturated heterocycles. The largest absolute Gasteiger partial charge is 0.454 e. The van der Waals surface area contributed by atoms with E-state index in [4.69, 9.17) is 15.2 Å². The summed E-state index contributed by atoms with van der Waals surface area (Å²) in [4.78, 5) is 4.18. The van der Waals surface area contributed by atoms with E-state index in [2.05, 4.69) is 4.99 Å². The Balaban J connectivity index is 0.00000112. The van der Waals surface area contributed by atoms with Gasteiger partial charge in [0.2, 0.25) is 6.79 Å². The van der Waals surface area contributed by atoms with Crippen LogP contribution in [0.1, 0.15) is 0 Å². The van der Waals surface area contributed by atoms with Gasteiger partial charge in [0.25, 0.3) is 0 Å². The van der Waals surface area contributed by atoms with Crippen molar-refractivity contribution in [3.63, 3.8) is 0 Å². The van der Waals surface area contributed by atoms with Gasteiger partial charge in [-0.1, -0.05) is 11.8 Å². The van der Waals surface area contributed by atoms with Crippen molar-refractivity contribution in [1.82, 2.24) is 0 Å². The highest BCUT2D eigenvalue weighted by Gasteiger charge is 2.12. The Labute approximate surface area is 109 Å². The zero-order chi connectivity index (χ0) is 9.97. The third-order valence-corrected chi connectivity index (χ3v) is 2.31. The fraction of sp³-hybridized carbons (Fsp3) is 0.222. The van der Waals surface area contributed by atoms with Crippen molar-refractivity contribution in [2.75, 3.05) is 13.0 Å². The number of nitrogens with two attached hydrogens (primary N) is 1. The number of aliphatic imine (C=N–C) groups is 1. The Hall–Kier alpha value is -0.630. The van der Waals surface area contributed by atoms with E-state index in [0.717, 1.165) is 17.2 Å². The third-order valence-electron chi connectivity index (χ3n) is 1.80. The number of rotatable bonds is 1. The van der Waals surface area contributed by atoms with Crippen LogP contribution in [0, 0.1) is 0 Å². The van der Waals surface area contributed by atoms with Gasteiger partial charge in [-0.2, -0.15) is 0 Å². The predicted molar refractivity (Wildman–Crippen MR) is 72.8 cm³/mol. The highest BCUT2D eigenvalue weighted by atomic mass is 127. The van der Waals surface area contributed by atoms with Crippen LogP contribution in [-0.4, -0.2) is 18.2 Å². The van der Waals surface area contributed by atoms with Crippen LogP contribution in [0.15, 0.2) is 23.2 Å². The van der Waals surface area contributed by atoms with E-state index >= 15 is 0 Å². The van der Waals surface area contributed by atoms with Crippen molar-refractivity contribution in [2.45, 2.75) is 0 Å². The van der Waals surface area contributed by atoms with Gasteiger partial charge in [-0.05, 0) is 18.4 Å². The van der Waals surface area contributed by atoms with Crippen molar-refractivity contribution in [1.29, 1.82) is 0 Å². The first-order chi connectivity index (χ1) is 6.79. The maximum absolute atomic E-state index is 5.59. The summed E-state index contributed by atoms with van der Waals surface area (Å²) in [6.45, 7) is 0.278. The Morgan fingerprint density at radius 1 is 1.40 bits per heavy atom. The van der Waals surface area contributed by atoms with Crippen LogP contribution < -0.4 is 15.2 Å². The fourth-order valence-electron chi connectivity index (χ4n) is 1.13. The molecule has 0 radical (unpaired) electrons. The summed E-state index contributed by atoms with van der Waals surface area (Å²) >= 11 is 1.41. The number of hydrogen-bond acceptors (Lipinski definition) is 4. The molecule has 15 heavy (non-hydrogen) atoms. The maximum atomic E-state index is 5.59. The van der Waals surface area contributed by atoms with Crippen LogP contribution in [0.2, 0.25) is 0 Å². The van der Waals surface area contributed by atoms with Gasteiger partial charge >= 0.3 is 0 Å². The number of fused-ring (bicyclic) bond motifs is 1. The first-order valence-corrected chi connectivity index (χ1v) is 5.30. The SMILES string of the molecule is CSC(N)=Nc1ccc2c(c1)OCO2.I. The Bertz CT molecular complexity index is 384. The predicted octanol–water partition coefficient (Wildman–Crippen LogP) is 2.34. The number of thioether (sulfide) groups is 1. The number of halogens is 1. The summed E-state index contributed by atoms with van der Waals surface area (Å²) in [5, 5.41) is 0.531. The maximum Gasteiger partial charge on any atom is 0.231 e. The van der Waals surface area contributed by atoms with E-state index in [1.165, 1.54) is 11.8 Å². The lowest BCUT2D eigenvalue weighted by Gasteiger charge is -1.98. The molecule has 0 fully saturated rings. The fourth-order valence-corrected chi connectivity index (χ4v) is 1.32. The number of hydrogen-bond donors (Lipinski definition) is 1. The zero-order valence-corrected chi connectivity index (χ0v) is 11.2. The summed E-state index contributed by atoms with van der Waals surface area (Å²) in [5.74, 6) is 1.48. The van der Waals surface area contributed by atoms with Crippen LogP contribution in [0.3, 0.4) is 0 Å². The molecule has 82 valence electrons. The van der Waals surface area contributed by atoms with Gasteiger partial charge in [0, 0.05) is 6.07 Å². The van der Waals surface area contributed by atoms with E-state index in [0.29, 0.717) is 5.17 Å². The smallest absolute Gasteiger partial charge is 0.231 e. The van der Waals surface area contributed by atoms with E-state index in [1.807, 2.05) is 24.5 Å². The van der Waals surface area contributed by atoms with Crippen molar-refractivity contribution < 1.29 is 9.47 Å². The summed E-state index contributed by atoms with van der Waals surface area (Å²) in [6.07, 6.45) is 1.88. The van der Waals surface area contributed by atoms with Gasteiger partial charge in [0.15, 0.2) is 16.7 Å². The normalized spacial score (nSPS) is 13.5. The van der Waals surface area contributed by atoms with E-state index in [1.54, 1.807) is 0 Å². The van der Waals surface area contributed by atoms with Crippen molar-refractivity contribution in [2.24, 2.45) is 10.7 Å². The summed E-state index contributed by atoms with van der Waals surface area (Å²) in [5.41, 5.74) is 6.37. The average molecular weight is 338 g/mol. The lowest BCUT2D eigenvalue weighted by Crippen LogP contribution is -2.03. The monoisotopic (exact) mass is 338 g/mol. The number of benzene rings is 1. The molecule has 0 spiro atoms. The van der Waals surface area contributed by atoms with Crippen molar-refractivity contribution in [3.8, 4) is 11.5 Å². The van der Waals surface area contributed by atoms with Gasteiger partial charge in [0.1, 0.15) is 0 Å². The van der Waals surface area contributed by atoms with Gasteiger partial charge in [-0.25, -0.2) is 4.99 Å². The molecule has 1 aliphatic rings.